The molecule has 8 heteroatoms. The summed E-state index contributed by atoms with van der Waals surface area (Å²) in [4.78, 5) is 36.3. The lowest BCUT2D eigenvalue weighted by Crippen LogP contribution is -2.47. The van der Waals surface area contributed by atoms with Crippen LogP contribution in [0.25, 0.3) is 0 Å². The van der Waals surface area contributed by atoms with Crippen LogP contribution in [0.5, 0.6) is 0 Å². The molecular formula is C13H17N3O5. The van der Waals surface area contributed by atoms with Crippen molar-refractivity contribution in [3.8, 4) is 0 Å². The number of benzene rings is 1. The Kier molecular flexibility index (Phi) is 6.31. The van der Waals surface area contributed by atoms with Gasteiger partial charge in [0.1, 0.15) is 0 Å². The van der Waals surface area contributed by atoms with Crippen molar-refractivity contribution in [3.05, 3.63) is 29.8 Å². The van der Waals surface area contributed by atoms with Crippen molar-refractivity contribution in [1.29, 1.82) is 0 Å². The van der Waals surface area contributed by atoms with E-state index >= 15 is 0 Å². The van der Waals surface area contributed by atoms with Gasteiger partial charge in [-0.25, -0.2) is 0 Å². The second kappa shape index (κ2) is 7.98. The molecule has 3 amide bonds. The molecule has 0 aromatic heterocycles. The first-order chi connectivity index (χ1) is 10.0. The highest BCUT2D eigenvalue weighted by molar-refractivity contribution is 6.38. The molecule has 0 spiro atoms. The lowest BCUT2D eigenvalue weighted by molar-refractivity contribution is -0.146. The van der Waals surface area contributed by atoms with Gasteiger partial charge in [0.2, 0.25) is 0 Å². The number of carbonyl (C=O) groups excluding carboxylic acids is 3. The summed E-state index contributed by atoms with van der Waals surface area (Å²) in [6.07, 6.45) is 0. The van der Waals surface area contributed by atoms with Gasteiger partial charge in [-0.2, -0.15) is 0 Å². The first-order valence-corrected chi connectivity index (χ1v) is 6.22. The van der Waals surface area contributed by atoms with Gasteiger partial charge in [0.25, 0.3) is 5.91 Å². The van der Waals surface area contributed by atoms with Crippen LogP contribution in [0.1, 0.15) is 10.4 Å². The van der Waals surface area contributed by atoms with Crippen molar-refractivity contribution >= 4 is 23.4 Å². The molecular weight excluding hydrogens is 278 g/mol. The van der Waals surface area contributed by atoms with Gasteiger partial charge in [-0.15, -0.1) is 0 Å². The van der Waals surface area contributed by atoms with E-state index in [1.165, 1.54) is 12.1 Å². The average Bonchev–Trinajstić information content (AvgIpc) is 2.46. The van der Waals surface area contributed by atoms with Crippen molar-refractivity contribution < 1.29 is 24.6 Å². The van der Waals surface area contributed by atoms with Gasteiger partial charge in [0, 0.05) is 18.8 Å². The zero-order valence-corrected chi connectivity index (χ0v) is 11.3. The minimum absolute atomic E-state index is 0.0783. The van der Waals surface area contributed by atoms with E-state index in [4.69, 9.17) is 15.9 Å². The Bertz CT molecular complexity index is 526. The smallest absolute Gasteiger partial charge is 0.316 e. The number of rotatable bonds is 5. The quantitative estimate of drug-likeness (QED) is 0.379. The van der Waals surface area contributed by atoms with E-state index in [1.54, 1.807) is 12.1 Å². The normalized spacial score (nSPS) is 10.0. The summed E-state index contributed by atoms with van der Waals surface area (Å²) in [6.45, 7) is -0.958. The minimum Gasteiger partial charge on any atom is -0.398 e. The molecule has 0 aliphatic carbocycles. The van der Waals surface area contributed by atoms with Crippen molar-refractivity contribution in [2.45, 2.75) is 0 Å². The summed E-state index contributed by atoms with van der Waals surface area (Å²) in [5.41, 5.74) is 5.85. The largest absolute Gasteiger partial charge is 0.398 e. The van der Waals surface area contributed by atoms with Gasteiger partial charge < -0.3 is 20.8 Å². The van der Waals surface area contributed by atoms with Gasteiger partial charge in [0.05, 0.1) is 18.8 Å². The molecule has 8 nitrogen and oxygen atoms in total. The Balaban J connectivity index is 2.73. The van der Waals surface area contributed by atoms with Crippen LogP contribution in [0.3, 0.4) is 0 Å². The van der Waals surface area contributed by atoms with E-state index in [2.05, 4.69) is 0 Å². The Labute approximate surface area is 121 Å². The summed E-state index contributed by atoms with van der Waals surface area (Å²) in [5.74, 6) is -2.95. The fourth-order valence-corrected chi connectivity index (χ4v) is 1.63. The summed E-state index contributed by atoms with van der Waals surface area (Å²) in [5, 5.41) is 19.5. The molecule has 114 valence electrons. The van der Waals surface area contributed by atoms with Gasteiger partial charge in [-0.3, -0.25) is 19.7 Å². The number of imide groups is 1. The Morgan fingerprint density at radius 3 is 2.19 bits per heavy atom. The van der Waals surface area contributed by atoms with E-state index < -0.39 is 17.7 Å². The third kappa shape index (κ3) is 4.55. The molecule has 0 saturated carbocycles. The zero-order chi connectivity index (χ0) is 15.8. The van der Waals surface area contributed by atoms with E-state index in [9.17, 15) is 14.4 Å². The molecule has 1 aromatic carbocycles. The summed E-state index contributed by atoms with van der Waals surface area (Å²) < 4.78 is 0. The van der Waals surface area contributed by atoms with E-state index in [-0.39, 0.29) is 37.6 Å². The maximum Gasteiger partial charge on any atom is 0.316 e. The molecule has 21 heavy (non-hydrogen) atoms. The fourth-order valence-electron chi connectivity index (χ4n) is 1.63. The summed E-state index contributed by atoms with van der Waals surface area (Å²) in [7, 11) is 0. The molecule has 0 bridgehead atoms. The van der Waals surface area contributed by atoms with Crippen molar-refractivity contribution in [1.82, 2.24) is 10.2 Å². The number of aliphatic hydroxyl groups is 2. The third-order valence-corrected chi connectivity index (χ3v) is 2.65. The van der Waals surface area contributed by atoms with Crippen molar-refractivity contribution in [2.24, 2.45) is 0 Å². The van der Waals surface area contributed by atoms with Crippen LogP contribution in [0.15, 0.2) is 24.3 Å². The van der Waals surface area contributed by atoms with Crippen LogP contribution in [0.4, 0.5) is 5.69 Å². The van der Waals surface area contributed by atoms with Crippen LogP contribution in [0, 0.1) is 0 Å². The molecule has 0 fully saturated rings. The Morgan fingerprint density at radius 2 is 1.67 bits per heavy atom. The minimum atomic E-state index is -1.15. The topological polar surface area (TPSA) is 133 Å². The van der Waals surface area contributed by atoms with Crippen LogP contribution in [0.2, 0.25) is 0 Å². The average molecular weight is 295 g/mol. The molecule has 0 radical (unpaired) electrons. The number of hydrogen-bond acceptors (Lipinski definition) is 6. The molecule has 1 rings (SSSR count). The Hall–Kier alpha value is -2.45. The number of para-hydroxylation sites is 1. The number of carbonyl (C=O) groups is 3. The summed E-state index contributed by atoms with van der Waals surface area (Å²) in [6, 6.07) is 6.11. The SMILES string of the molecule is Nc1ccccc1C(=O)NC(=O)C(=O)N(CCO)CCO. The van der Waals surface area contributed by atoms with Crippen LogP contribution in [-0.4, -0.2) is 59.1 Å². The lowest BCUT2D eigenvalue weighted by atomic mass is 10.1. The van der Waals surface area contributed by atoms with Crippen LogP contribution >= 0.6 is 0 Å². The molecule has 5 N–H and O–H groups in total. The van der Waals surface area contributed by atoms with Crippen LogP contribution in [-0.2, 0) is 9.59 Å². The number of amides is 3. The number of nitrogens with one attached hydrogen (secondary N) is 1. The van der Waals surface area contributed by atoms with Gasteiger partial charge in [-0.05, 0) is 12.1 Å². The highest BCUT2D eigenvalue weighted by Crippen LogP contribution is 2.09. The zero-order valence-electron chi connectivity index (χ0n) is 11.3. The molecule has 0 heterocycles. The van der Waals surface area contributed by atoms with Gasteiger partial charge >= 0.3 is 11.8 Å². The van der Waals surface area contributed by atoms with Crippen molar-refractivity contribution in [2.75, 3.05) is 32.0 Å². The predicted molar refractivity (Wildman–Crippen MR) is 74.1 cm³/mol. The molecule has 1 aromatic rings. The highest BCUT2D eigenvalue weighted by Gasteiger charge is 2.23. The van der Waals surface area contributed by atoms with E-state index in [0.717, 1.165) is 4.90 Å². The first-order valence-electron chi connectivity index (χ1n) is 6.22. The monoisotopic (exact) mass is 295 g/mol. The predicted octanol–water partition coefficient (Wildman–Crippen LogP) is -1.66. The molecule has 0 aliphatic heterocycles. The number of hydrogen-bond donors (Lipinski definition) is 4. The molecule has 0 atom stereocenters. The third-order valence-electron chi connectivity index (χ3n) is 2.65. The van der Waals surface area contributed by atoms with Crippen LogP contribution < -0.4 is 11.1 Å². The number of nitrogens with zero attached hydrogens (tertiary/aromatic N) is 1. The molecule has 0 aliphatic rings. The summed E-state index contributed by atoms with van der Waals surface area (Å²) >= 11 is 0. The first kappa shape index (κ1) is 16.6. The van der Waals surface area contributed by atoms with Gasteiger partial charge in [0.15, 0.2) is 0 Å². The second-order valence-corrected chi connectivity index (χ2v) is 4.11. The molecule has 0 unspecified atom stereocenters. The number of nitrogen functional groups attached to an aromatic ring is 1. The number of anilines is 1. The standard InChI is InChI=1S/C13H17N3O5/c14-10-4-2-1-3-9(10)11(19)15-12(20)13(21)16(5-7-17)6-8-18/h1-4,17-18H,5-8,14H2,(H,15,19,20). The second-order valence-electron chi connectivity index (χ2n) is 4.11. The fraction of sp³-hybridized carbons (Fsp3) is 0.308. The Morgan fingerprint density at radius 1 is 1.10 bits per heavy atom. The number of aliphatic hydroxyl groups excluding tert-OH is 2. The number of nitrogens with two attached hydrogens (primary N) is 1. The lowest BCUT2D eigenvalue weighted by Gasteiger charge is -2.19. The van der Waals surface area contributed by atoms with Crippen molar-refractivity contribution in [3.63, 3.8) is 0 Å². The molecule has 0 saturated heterocycles. The highest BCUT2D eigenvalue weighted by atomic mass is 16.3. The van der Waals surface area contributed by atoms with Gasteiger partial charge in [-0.1, -0.05) is 12.1 Å². The van der Waals surface area contributed by atoms with E-state index in [1.807, 2.05) is 5.32 Å². The maximum atomic E-state index is 11.8. The maximum absolute atomic E-state index is 11.8. The van der Waals surface area contributed by atoms with E-state index in [0.29, 0.717) is 0 Å².